The van der Waals surface area contributed by atoms with E-state index in [-0.39, 0.29) is 18.1 Å². The van der Waals surface area contributed by atoms with Gasteiger partial charge in [-0.15, -0.1) is 31.7 Å². The van der Waals surface area contributed by atoms with Crippen LogP contribution >= 0.6 is 34.3 Å². The van der Waals surface area contributed by atoms with E-state index in [1.807, 2.05) is 43.3 Å². The van der Waals surface area contributed by atoms with Gasteiger partial charge in [0.2, 0.25) is 11.0 Å². The molecule has 0 bridgehead atoms. The van der Waals surface area contributed by atoms with Gasteiger partial charge in [0, 0.05) is 24.3 Å². The molecule has 2 heterocycles. The van der Waals surface area contributed by atoms with Crippen molar-refractivity contribution in [3.63, 3.8) is 0 Å². The Bertz CT molecular complexity index is 1200. The topological polar surface area (TPSA) is 97.7 Å². The number of aromatic nitrogens is 4. The number of nitrogens with one attached hydrogen (secondary N) is 1. The first kappa shape index (κ1) is 26.1. The summed E-state index contributed by atoms with van der Waals surface area (Å²) < 4.78 is 0. The summed E-state index contributed by atoms with van der Waals surface area (Å²) in [5, 5.41) is 23.3. The van der Waals surface area contributed by atoms with E-state index < -0.39 is 0 Å². The summed E-state index contributed by atoms with van der Waals surface area (Å²) in [6.45, 7) is 2.03. The number of Topliss-reactive ketones (excluding diaryl/α,β-unsaturated/α-hetero) is 1. The molecule has 0 unspecified atom stereocenters. The molecule has 10 heteroatoms. The molecule has 0 aliphatic heterocycles. The first-order valence-electron chi connectivity index (χ1n) is 11.7. The molecule has 186 valence electrons. The summed E-state index contributed by atoms with van der Waals surface area (Å²) >= 11 is 8.78. The third-order valence-electron chi connectivity index (χ3n) is 5.40. The number of unbranched alkanes of at least 4 members (excludes halogenated alkanes) is 1. The van der Waals surface area contributed by atoms with Gasteiger partial charge in [0.1, 0.15) is 20.8 Å². The zero-order chi connectivity index (χ0) is 25.3. The average Bonchev–Trinajstić information content (AvgIpc) is 3.49. The van der Waals surface area contributed by atoms with E-state index in [0.717, 1.165) is 51.8 Å². The maximum Gasteiger partial charge on any atom is 0.230 e. The number of rotatable bonds is 12. The second kappa shape index (κ2) is 12.8. The summed E-state index contributed by atoms with van der Waals surface area (Å²) in [6, 6.07) is 15.2. The SMILES string of the molecule is Cc1ccc(CC(=O)Cc2nnc(CCCCc3nnc(NC(=O)Cc4ccc(Cl)cc4)s3)s2)cc1. The van der Waals surface area contributed by atoms with Gasteiger partial charge in [-0.3, -0.25) is 9.59 Å². The van der Waals surface area contributed by atoms with Gasteiger partial charge < -0.3 is 5.32 Å². The van der Waals surface area contributed by atoms with Crippen molar-refractivity contribution in [3.8, 4) is 0 Å². The first-order valence-corrected chi connectivity index (χ1v) is 13.7. The second-order valence-electron chi connectivity index (χ2n) is 8.53. The highest BCUT2D eigenvalue weighted by Crippen LogP contribution is 2.20. The molecule has 7 nitrogen and oxygen atoms in total. The van der Waals surface area contributed by atoms with E-state index in [1.165, 1.54) is 28.2 Å². The van der Waals surface area contributed by atoms with E-state index in [1.54, 1.807) is 12.1 Å². The lowest BCUT2D eigenvalue weighted by molar-refractivity contribution is -0.118. The lowest BCUT2D eigenvalue weighted by Crippen LogP contribution is -2.14. The molecule has 0 aliphatic rings. The van der Waals surface area contributed by atoms with Gasteiger partial charge in [-0.25, -0.2) is 0 Å². The third-order valence-corrected chi connectivity index (χ3v) is 7.53. The normalized spacial score (nSPS) is 10.9. The molecule has 0 saturated heterocycles. The Kier molecular flexibility index (Phi) is 9.27. The van der Waals surface area contributed by atoms with Crippen molar-refractivity contribution in [1.29, 1.82) is 0 Å². The van der Waals surface area contributed by atoms with Gasteiger partial charge in [0.05, 0.1) is 12.8 Å². The van der Waals surface area contributed by atoms with Crippen LogP contribution in [0.15, 0.2) is 48.5 Å². The highest BCUT2D eigenvalue weighted by Gasteiger charge is 2.12. The number of ketones is 1. The van der Waals surface area contributed by atoms with Crippen molar-refractivity contribution in [1.82, 2.24) is 20.4 Å². The molecule has 1 amide bonds. The van der Waals surface area contributed by atoms with Gasteiger partial charge in [0.15, 0.2) is 0 Å². The largest absolute Gasteiger partial charge is 0.300 e. The number of benzene rings is 2. The molecular weight excluding hydrogens is 514 g/mol. The third kappa shape index (κ3) is 8.29. The zero-order valence-electron chi connectivity index (χ0n) is 19.9. The minimum absolute atomic E-state index is 0.135. The van der Waals surface area contributed by atoms with Gasteiger partial charge in [-0.05, 0) is 43.0 Å². The monoisotopic (exact) mass is 539 g/mol. The summed E-state index contributed by atoms with van der Waals surface area (Å²) in [5.74, 6) is 0.0123. The molecule has 0 aliphatic carbocycles. The Morgan fingerprint density at radius 2 is 1.33 bits per heavy atom. The van der Waals surface area contributed by atoms with E-state index >= 15 is 0 Å². The van der Waals surface area contributed by atoms with E-state index in [0.29, 0.717) is 23.0 Å². The van der Waals surface area contributed by atoms with Gasteiger partial charge in [-0.2, -0.15) is 0 Å². The van der Waals surface area contributed by atoms with Crippen LogP contribution in [0.1, 0.15) is 44.6 Å². The lowest BCUT2D eigenvalue weighted by atomic mass is 10.1. The molecule has 4 rings (SSSR count). The zero-order valence-corrected chi connectivity index (χ0v) is 22.3. The Balaban J connectivity index is 1.15. The number of amides is 1. The average molecular weight is 540 g/mol. The van der Waals surface area contributed by atoms with Crippen LogP contribution in [-0.4, -0.2) is 32.1 Å². The predicted octanol–water partition coefficient (Wildman–Crippen LogP) is 5.45. The van der Waals surface area contributed by atoms with Crippen molar-refractivity contribution < 1.29 is 9.59 Å². The highest BCUT2D eigenvalue weighted by molar-refractivity contribution is 7.15. The molecule has 0 fully saturated rings. The van der Waals surface area contributed by atoms with Crippen molar-refractivity contribution in [2.45, 2.75) is 51.9 Å². The Labute approximate surface area is 223 Å². The molecule has 2 aromatic carbocycles. The minimum atomic E-state index is -0.135. The van der Waals surface area contributed by atoms with Crippen LogP contribution in [0.5, 0.6) is 0 Å². The van der Waals surface area contributed by atoms with E-state index in [9.17, 15) is 9.59 Å². The standard InChI is InChI=1S/C26H26ClN5O2S2/c1-17-6-8-18(9-7-17)14-21(33)16-25-31-29-23(35-25)4-2-3-5-24-30-32-26(36-24)28-22(34)15-19-10-12-20(27)13-11-19/h6-13H,2-5,14-16H2,1H3,(H,28,32,34). The number of hydrogen-bond donors (Lipinski definition) is 1. The summed E-state index contributed by atoms with van der Waals surface area (Å²) in [5.41, 5.74) is 3.09. The minimum Gasteiger partial charge on any atom is -0.300 e. The summed E-state index contributed by atoms with van der Waals surface area (Å²) in [6.07, 6.45) is 4.45. The predicted molar refractivity (Wildman–Crippen MR) is 144 cm³/mol. The number of aryl methyl sites for hydroxylation is 3. The fourth-order valence-corrected chi connectivity index (χ4v) is 5.37. The van der Waals surface area contributed by atoms with Crippen LogP contribution < -0.4 is 5.32 Å². The van der Waals surface area contributed by atoms with Gasteiger partial charge in [0.25, 0.3) is 0 Å². The lowest BCUT2D eigenvalue weighted by Gasteiger charge is -2.01. The highest BCUT2D eigenvalue weighted by atomic mass is 35.5. The summed E-state index contributed by atoms with van der Waals surface area (Å²) in [4.78, 5) is 24.6. The molecule has 0 atom stereocenters. The molecular formula is C26H26ClN5O2S2. The fourth-order valence-electron chi connectivity index (χ4n) is 3.53. The van der Waals surface area contributed by atoms with Crippen molar-refractivity contribution in [2.24, 2.45) is 0 Å². The quantitative estimate of drug-likeness (QED) is 0.240. The van der Waals surface area contributed by atoms with Crippen molar-refractivity contribution >= 4 is 51.1 Å². The smallest absolute Gasteiger partial charge is 0.230 e. The van der Waals surface area contributed by atoms with E-state index in [4.69, 9.17) is 11.6 Å². The molecule has 4 aromatic rings. The number of carbonyl (C=O) groups excluding carboxylic acids is 2. The van der Waals surface area contributed by atoms with Gasteiger partial charge >= 0.3 is 0 Å². The molecule has 0 spiro atoms. The van der Waals surface area contributed by atoms with Crippen LogP contribution in [0, 0.1) is 6.92 Å². The molecule has 0 radical (unpaired) electrons. The fraction of sp³-hybridized carbons (Fsp3) is 0.308. The van der Waals surface area contributed by atoms with Crippen LogP contribution in [0.25, 0.3) is 0 Å². The van der Waals surface area contributed by atoms with Gasteiger partial charge in [-0.1, -0.05) is 64.9 Å². The van der Waals surface area contributed by atoms with E-state index in [2.05, 4.69) is 25.7 Å². The number of anilines is 1. The molecule has 2 aromatic heterocycles. The van der Waals surface area contributed by atoms with Crippen LogP contribution in [-0.2, 0) is 41.7 Å². The number of carbonyl (C=O) groups is 2. The Hall–Kier alpha value is -3.01. The van der Waals surface area contributed by atoms with Crippen LogP contribution in [0.3, 0.4) is 0 Å². The molecule has 36 heavy (non-hydrogen) atoms. The maximum atomic E-state index is 12.4. The molecule has 1 N–H and O–H groups in total. The Morgan fingerprint density at radius 3 is 2.06 bits per heavy atom. The summed E-state index contributed by atoms with van der Waals surface area (Å²) in [7, 11) is 0. The van der Waals surface area contributed by atoms with Crippen molar-refractivity contribution in [3.05, 3.63) is 85.3 Å². The first-order chi connectivity index (χ1) is 17.4. The number of halogens is 1. The van der Waals surface area contributed by atoms with Crippen LogP contribution in [0.2, 0.25) is 5.02 Å². The maximum absolute atomic E-state index is 12.4. The second-order valence-corrected chi connectivity index (χ2v) is 11.2. The number of hydrogen-bond acceptors (Lipinski definition) is 8. The van der Waals surface area contributed by atoms with Crippen LogP contribution in [0.4, 0.5) is 5.13 Å². The van der Waals surface area contributed by atoms with Crippen molar-refractivity contribution in [2.75, 3.05) is 5.32 Å². The Morgan fingerprint density at radius 1 is 0.750 bits per heavy atom. The molecule has 0 saturated carbocycles. The number of nitrogens with zero attached hydrogens (tertiary/aromatic N) is 4.